The topological polar surface area (TPSA) is 12.0 Å². The molecule has 0 aliphatic rings. The van der Waals surface area contributed by atoms with E-state index in [1.54, 1.807) is 0 Å². The number of benzene rings is 1. The largest absolute Gasteiger partial charge is 0.303 e. The Morgan fingerprint density at radius 3 is 2.38 bits per heavy atom. The van der Waals surface area contributed by atoms with Gasteiger partial charge in [-0.3, -0.25) is 0 Å². The molecular formula is C15H21N. The van der Waals surface area contributed by atoms with E-state index in [4.69, 9.17) is 6.42 Å². The number of nitrogens with one attached hydrogen (secondary N) is 1. The molecule has 0 amide bonds. The summed E-state index contributed by atoms with van der Waals surface area (Å²) in [6, 6.07) is 6.77. The fourth-order valence-electron chi connectivity index (χ4n) is 1.93. The van der Waals surface area contributed by atoms with E-state index in [1.165, 1.54) is 16.7 Å². The van der Waals surface area contributed by atoms with Crippen LogP contribution in [-0.4, -0.2) is 12.6 Å². The molecule has 16 heavy (non-hydrogen) atoms. The predicted molar refractivity (Wildman–Crippen MR) is 70.5 cm³/mol. The molecule has 0 fully saturated rings. The first-order valence-corrected chi connectivity index (χ1v) is 5.92. The smallest absolute Gasteiger partial charge is 0.0727 e. The van der Waals surface area contributed by atoms with Crippen molar-refractivity contribution in [3.63, 3.8) is 0 Å². The first kappa shape index (κ1) is 12.8. The number of rotatable bonds is 5. The van der Waals surface area contributed by atoms with Crippen LogP contribution in [0, 0.1) is 26.2 Å². The third-order valence-electron chi connectivity index (χ3n) is 2.56. The molecule has 0 saturated carbocycles. The Labute approximate surface area is 99.3 Å². The van der Waals surface area contributed by atoms with Gasteiger partial charge in [0.25, 0.3) is 0 Å². The zero-order chi connectivity index (χ0) is 12.0. The highest BCUT2D eigenvalue weighted by Crippen LogP contribution is 2.10. The minimum Gasteiger partial charge on any atom is -0.303 e. The van der Waals surface area contributed by atoms with E-state index in [0.717, 1.165) is 19.4 Å². The highest BCUT2D eigenvalue weighted by Gasteiger charge is 2.05. The van der Waals surface area contributed by atoms with Crippen molar-refractivity contribution in [2.75, 3.05) is 6.54 Å². The molecule has 0 aliphatic heterocycles. The first-order valence-electron chi connectivity index (χ1n) is 5.92. The minimum atomic E-state index is 0.154. The average Bonchev–Trinajstić information content (AvgIpc) is 2.22. The summed E-state index contributed by atoms with van der Waals surface area (Å²) in [6.45, 7) is 7.39. The number of hydrogen-bond acceptors (Lipinski definition) is 1. The van der Waals surface area contributed by atoms with E-state index >= 15 is 0 Å². The van der Waals surface area contributed by atoms with E-state index < -0.39 is 0 Å². The van der Waals surface area contributed by atoms with Gasteiger partial charge >= 0.3 is 0 Å². The van der Waals surface area contributed by atoms with Gasteiger partial charge < -0.3 is 5.32 Å². The summed E-state index contributed by atoms with van der Waals surface area (Å²) in [7, 11) is 0. The molecule has 1 unspecified atom stereocenters. The lowest BCUT2D eigenvalue weighted by Gasteiger charge is -2.13. The zero-order valence-electron chi connectivity index (χ0n) is 10.5. The van der Waals surface area contributed by atoms with Crippen molar-refractivity contribution in [2.24, 2.45) is 0 Å². The van der Waals surface area contributed by atoms with Gasteiger partial charge in [-0.25, -0.2) is 0 Å². The van der Waals surface area contributed by atoms with E-state index in [1.807, 2.05) is 0 Å². The maximum absolute atomic E-state index is 5.52. The van der Waals surface area contributed by atoms with Crippen LogP contribution in [0.1, 0.15) is 30.0 Å². The highest BCUT2D eigenvalue weighted by atomic mass is 14.9. The lowest BCUT2D eigenvalue weighted by molar-refractivity contribution is 0.598. The van der Waals surface area contributed by atoms with Crippen molar-refractivity contribution in [1.29, 1.82) is 0 Å². The SMILES string of the molecule is C#CC(Cc1cc(C)cc(C)c1)NCCC. The summed E-state index contributed by atoms with van der Waals surface area (Å²) in [4.78, 5) is 0. The van der Waals surface area contributed by atoms with Crippen LogP contribution in [0.5, 0.6) is 0 Å². The lowest BCUT2D eigenvalue weighted by Crippen LogP contribution is -2.30. The van der Waals surface area contributed by atoms with Gasteiger partial charge in [0.05, 0.1) is 6.04 Å². The molecule has 0 radical (unpaired) electrons. The van der Waals surface area contributed by atoms with Crippen molar-refractivity contribution in [3.8, 4) is 12.3 Å². The Morgan fingerprint density at radius 1 is 1.25 bits per heavy atom. The molecule has 1 rings (SSSR count). The number of terminal acetylenes is 1. The summed E-state index contributed by atoms with van der Waals surface area (Å²) in [5, 5.41) is 3.37. The van der Waals surface area contributed by atoms with Gasteiger partial charge in [-0.1, -0.05) is 42.2 Å². The molecular weight excluding hydrogens is 194 g/mol. The van der Waals surface area contributed by atoms with Crippen molar-refractivity contribution in [3.05, 3.63) is 34.9 Å². The van der Waals surface area contributed by atoms with Crippen LogP contribution in [0.3, 0.4) is 0 Å². The summed E-state index contributed by atoms with van der Waals surface area (Å²) < 4.78 is 0. The van der Waals surface area contributed by atoms with Crippen LogP contribution in [0.15, 0.2) is 18.2 Å². The second kappa shape index (κ2) is 6.35. The lowest BCUT2D eigenvalue weighted by atomic mass is 10.0. The molecule has 1 heteroatoms. The molecule has 0 aliphatic carbocycles. The van der Waals surface area contributed by atoms with Gasteiger partial charge in [0.1, 0.15) is 0 Å². The quantitative estimate of drug-likeness (QED) is 0.745. The Kier molecular flexibility index (Phi) is 5.08. The highest BCUT2D eigenvalue weighted by molar-refractivity contribution is 5.30. The molecule has 0 saturated heterocycles. The van der Waals surface area contributed by atoms with Crippen molar-refractivity contribution in [2.45, 2.75) is 39.7 Å². The number of aryl methyl sites for hydroxylation is 2. The monoisotopic (exact) mass is 215 g/mol. The molecule has 1 nitrogen and oxygen atoms in total. The third kappa shape index (κ3) is 4.08. The van der Waals surface area contributed by atoms with E-state index in [0.29, 0.717) is 0 Å². The summed E-state index contributed by atoms with van der Waals surface area (Å²) in [5.41, 5.74) is 3.94. The second-order valence-corrected chi connectivity index (χ2v) is 4.37. The molecule has 1 aromatic carbocycles. The van der Waals surface area contributed by atoms with E-state index in [-0.39, 0.29) is 6.04 Å². The standard InChI is InChI=1S/C15H21N/c1-5-7-16-15(6-2)11-14-9-12(3)8-13(4)10-14/h2,8-10,15-16H,5,7,11H2,1,3-4H3. The van der Waals surface area contributed by atoms with Gasteiger partial charge in [-0.05, 0) is 38.8 Å². The van der Waals surface area contributed by atoms with Crippen LogP contribution < -0.4 is 5.32 Å². The van der Waals surface area contributed by atoms with E-state index in [2.05, 4.69) is 50.2 Å². The van der Waals surface area contributed by atoms with Crippen LogP contribution in [0.4, 0.5) is 0 Å². The zero-order valence-corrected chi connectivity index (χ0v) is 10.5. The Morgan fingerprint density at radius 2 is 1.88 bits per heavy atom. The van der Waals surface area contributed by atoms with Crippen LogP contribution >= 0.6 is 0 Å². The summed E-state index contributed by atoms with van der Waals surface area (Å²) >= 11 is 0. The minimum absolute atomic E-state index is 0.154. The van der Waals surface area contributed by atoms with Crippen LogP contribution in [0.25, 0.3) is 0 Å². The molecule has 0 heterocycles. The van der Waals surface area contributed by atoms with Crippen molar-refractivity contribution < 1.29 is 0 Å². The molecule has 1 aromatic rings. The molecule has 1 atom stereocenters. The Bertz CT molecular complexity index is 353. The van der Waals surface area contributed by atoms with Crippen LogP contribution in [-0.2, 0) is 6.42 Å². The van der Waals surface area contributed by atoms with Gasteiger partial charge in [-0.15, -0.1) is 6.42 Å². The molecule has 0 aromatic heterocycles. The molecule has 1 N–H and O–H groups in total. The van der Waals surface area contributed by atoms with Gasteiger partial charge in [-0.2, -0.15) is 0 Å². The molecule has 86 valence electrons. The van der Waals surface area contributed by atoms with Gasteiger partial charge in [0.15, 0.2) is 0 Å². The predicted octanol–water partition coefficient (Wildman–Crippen LogP) is 2.85. The number of hydrogen-bond donors (Lipinski definition) is 1. The average molecular weight is 215 g/mol. The van der Waals surface area contributed by atoms with E-state index in [9.17, 15) is 0 Å². The normalized spacial score (nSPS) is 12.1. The Balaban J connectivity index is 2.67. The third-order valence-corrected chi connectivity index (χ3v) is 2.56. The second-order valence-electron chi connectivity index (χ2n) is 4.37. The maximum atomic E-state index is 5.52. The van der Waals surface area contributed by atoms with Crippen molar-refractivity contribution in [1.82, 2.24) is 5.32 Å². The van der Waals surface area contributed by atoms with Crippen molar-refractivity contribution >= 4 is 0 Å². The maximum Gasteiger partial charge on any atom is 0.0727 e. The fourth-order valence-corrected chi connectivity index (χ4v) is 1.93. The first-order chi connectivity index (χ1) is 7.65. The molecule has 0 bridgehead atoms. The summed E-state index contributed by atoms with van der Waals surface area (Å²) in [6.07, 6.45) is 7.56. The van der Waals surface area contributed by atoms with Gasteiger partial charge in [0.2, 0.25) is 0 Å². The van der Waals surface area contributed by atoms with Gasteiger partial charge in [0, 0.05) is 0 Å². The fraction of sp³-hybridized carbons (Fsp3) is 0.467. The van der Waals surface area contributed by atoms with Crippen LogP contribution in [0.2, 0.25) is 0 Å². The summed E-state index contributed by atoms with van der Waals surface area (Å²) in [5.74, 6) is 2.81. The Hall–Kier alpha value is -1.26. The molecule has 0 spiro atoms.